The van der Waals surface area contributed by atoms with Gasteiger partial charge in [-0.25, -0.2) is 9.78 Å². The monoisotopic (exact) mass is 283 g/mol. The standard InChI is InChI=1S/C15H17N5O/c21-15(19-12-1-2-12)20-14-4-3-13(10-18-14)17-9-11-5-7-16-8-6-11/h3-8,10,12,17H,1-2,9H2,(H2,18,19,20,21). The summed E-state index contributed by atoms with van der Waals surface area (Å²) in [5.74, 6) is 0.544. The van der Waals surface area contributed by atoms with Crippen molar-refractivity contribution in [2.45, 2.75) is 25.4 Å². The third kappa shape index (κ3) is 4.17. The van der Waals surface area contributed by atoms with Crippen LogP contribution in [0.1, 0.15) is 18.4 Å². The first-order valence-electron chi connectivity index (χ1n) is 6.96. The van der Waals surface area contributed by atoms with Crippen LogP contribution in [-0.4, -0.2) is 22.0 Å². The zero-order valence-electron chi connectivity index (χ0n) is 11.5. The number of anilines is 2. The maximum Gasteiger partial charge on any atom is 0.320 e. The highest BCUT2D eigenvalue weighted by atomic mass is 16.2. The van der Waals surface area contributed by atoms with Gasteiger partial charge >= 0.3 is 6.03 Å². The summed E-state index contributed by atoms with van der Waals surface area (Å²) in [5.41, 5.74) is 2.05. The fourth-order valence-corrected chi connectivity index (χ4v) is 1.84. The zero-order chi connectivity index (χ0) is 14.5. The molecule has 0 bridgehead atoms. The summed E-state index contributed by atoms with van der Waals surface area (Å²) < 4.78 is 0. The van der Waals surface area contributed by atoms with E-state index in [1.54, 1.807) is 24.7 Å². The molecule has 0 unspecified atom stereocenters. The van der Waals surface area contributed by atoms with Gasteiger partial charge in [-0.05, 0) is 42.7 Å². The molecule has 6 heteroatoms. The maximum absolute atomic E-state index is 11.6. The van der Waals surface area contributed by atoms with Crippen molar-refractivity contribution in [2.24, 2.45) is 0 Å². The predicted octanol–water partition coefficient (Wildman–Crippen LogP) is 2.37. The van der Waals surface area contributed by atoms with E-state index in [2.05, 4.69) is 25.9 Å². The van der Waals surface area contributed by atoms with E-state index >= 15 is 0 Å². The lowest BCUT2D eigenvalue weighted by Gasteiger charge is -2.08. The molecule has 1 fully saturated rings. The molecule has 3 rings (SSSR count). The molecule has 1 aliphatic carbocycles. The van der Waals surface area contributed by atoms with Crippen molar-refractivity contribution in [3.63, 3.8) is 0 Å². The second-order valence-corrected chi connectivity index (χ2v) is 5.01. The molecule has 108 valence electrons. The van der Waals surface area contributed by atoms with Gasteiger partial charge in [-0.2, -0.15) is 0 Å². The number of carbonyl (C=O) groups is 1. The first-order chi connectivity index (χ1) is 10.3. The third-order valence-corrected chi connectivity index (χ3v) is 3.16. The van der Waals surface area contributed by atoms with Crippen LogP contribution in [-0.2, 0) is 6.54 Å². The second-order valence-electron chi connectivity index (χ2n) is 5.01. The summed E-state index contributed by atoms with van der Waals surface area (Å²) in [6, 6.07) is 7.73. The van der Waals surface area contributed by atoms with E-state index in [0.717, 1.165) is 24.1 Å². The van der Waals surface area contributed by atoms with E-state index in [9.17, 15) is 4.79 Å². The summed E-state index contributed by atoms with van der Waals surface area (Å²) in [6.07, 6.45) is 7.37. The Bertz CT molecular complexity index is 595. The van der Waals surface area contributed by atoms with E-state index in [-0.39, 0.29) is 6.03 Å². The van der Waals surface area contributed by atoms with Gasteiger partial charge in [0.1, 0.15) is 5.82 Å². The molecule has 0 radical (unpaired) electrons. The van der Waals surface area contributed by atoms with Crippen LogP contribution in [0.2, 0.25) is 0 Å². The second kappa shape index (κ2) is 6.21. The predicted molar refractivity (Wildman–Crippen MR) is 81.0 cm³/mol. The van der Waals surface area contributed by atoms with Crippen molar-refractivity contribution in [1.82, 2.24) is 15.3 Å². The summed E-state index contributed by atoms with van der Waals surface area (Å²) in [7, 11) is 0. The molecular weight excluding hydrogens is 266 g/mol. The van der Waals surface area contributed by atoms with Crippen LogP contribution in [0, 0.1) is 0 Å². The Balaban J connectivity index is 1.50. The number of nitrogens with one attached hydrogen (secondary N) is 3. The highest BCUT2D eigenvalue weighted by Gasteiger charge is 2.23. The summed E-state index contributed by atoms with van der Waals surface area (Å²) in [6.45, 7) is 0.707. The molecule has 3 N–H and O–H groups in total. The highest BCUT2D eigenvalue weighted by Crippen LogP contribution is 2.18. The molecule has 1 aliphatic rings. The van der Waals surface area contributed by atoms with Crippen molar-refractivity contribution < 1.29 is 4.79 Å². The summed E-state index contributed by atoms with van der Waals surface area (Å²) in [4.78, 5) is 19.8. The van der Waals surface area contributed by atoms with Crippen LogP contribution in [0.3, 0.4) is 0 Å². The largest absolute Gasteiger partial charge is 0.380 e. The Hall–Kier alpha value is -2.63. The lowest BCUT2D eigenvalue weighted by Crippen LogP contribution is -2.30. The SMILES string of the molecule is O=C(Nc1ccc(NCc2ccncc2)cn1)NC1CC1. The summed E-state index contributed by atoms with van der Waals surface area (Å²) in [5, 5.41) is 8.83. The van der Waals surface area contributed by atoms with Crippen LogP contribution >= 0.6 is 0 Å². The van der Waals surface area contributed by atoms with Gasteiger partial charge in [0.25, 0.3) is 0 Å². The van der Waals surface area contributed by atoms with E-state index in [0.29, 0.717) is 18.4 Å². The fourth-order valence-electron chi connectivity index (χ4n) is 1.84. The number of aromatic nitrogens is 2. The average molecular weight is 283 g/mol. The number of nitrogens with zero attached hydrogens (tertiary/aromatic N) is 2. The quantitative estimate of drug-likeness (QED) is 0.787. The van der Waals surface area contributed by atoms with Gasteiger partial charge in [-0.3, -0.25) is 10.3 Å². The van der Waals surface area contributed by atoms with Crippen molar-refractivity contribution in [1.29, 1.82) is 0 Å². The van der Waals surface area contributed by atoms with Gasteiger partial charge in [0.15, 0.2) is 0 Å². The number of urea groups is 1. The van der Waals surface area contributed by atoms with Gasteiger partial charge < -0.3 is 10.6 Å². The van der Waals surface area contributed by atoms with Crippen LogP contribution in [0.5, 0.6) is 0 Å². The number of hydrogen-bond donors (Lipinski definition) is 3. The minimum atomic E-state index is -0.192. The van der Waals surface area contributed by atoms with Crippen LogP contribution in [0.4, 0.5) is 16.3 Å². The normalized spacial score (nSPS) is 13.5. The van der Waals surface area contributed by atoms with Gasteiger partial charge in [-0.1, -0.05) is 0 Å². The molecule has 0 saturated heterocycles. The zero-order valence-corrected chi connectivity index (χ0v) is 11.5. The topological polar surface area (TPSA) is 78.9 Å². The molecule has 2 heterocycles. The maximum atomic E-state index is 11.6. The smallest absolute Gasteiger partial charge is 0.320 e. The Labute approximate surface area is 123 Å². The molecule has 2 aromatic heterocycles. The molecule has 2 aromatic rings. The Morgan fingerprint density at radius 2 is 2.00 bits per heavy atom. The molecule has 21 heavy (non-hydrogen) atoms. The molecule has 0 spiro atoms. The minimum Gasteiger partial charge on any atom is -0.380 e. The van der Waals surface area contributed by atoms with Gasteiger partial charge in [0, 0.05) is 25.0 Å². The van der Waals surface area contributed by atoms with E-state index in [4.69, 9.17) is 0 Å². The lowest BCUT2D eigenvalue weighted by molar-refractivity contribution is 0.251. The minimum absolute atomic E-state index is 0.192. The average Bonchev–Trinajstić information content (AvgIpc) is 3.31. The molecular formula is C15H17N5O. The van der Waals surface area contributed by atoms with Gasteiger partial charge in [-0.15, -0.1) is 0 Å². The van der Waals surface area contributed by atoms with E-state index < -0.39 is 0 Å². The van der Waals surface area contributed by atoms with Crippen molar-refractivity contribution in [3.05, 3.63) is 48.4 Å². The number of rotatable bonds is 5. The molecule has 6 nitrogen and oxygen atoms in total. The van der Waals surface area contributed by atoms with Crippen molar-refractivity contribution in [2.75, 3.05) is 10.6 Å². The van der Waals surface area contributed by atoms with E-state index in [1.807, 2.05) is 18.2 Å². The Morgan fingerprint density at radius 1 is 1.19 bits per heavy atom. The first-order valence-corrected chi connectivity index (χ1v) is 6.96. The summed E-state index contributed by atoms with van der Waals surface area (Å²) >= 11 is 0. The van der Waals surface area contributed by atoms with Gasteiger partial charge in [0.2, 0.25) is 0 Å². The molecule has 2 amide bonds. The first kappa shape index (κ1) is 13.4. The van der Waals surface area contributed by atoms with Crippen molar-refractivity contribution >= 4 is 17.5 Å². The molecule has 0 atom stereocenters. The Kier molecular flexibility index (Phi) is 3.95. The number of carbonyl (C=O) groups excluding carboxylic acids is 1. The van der Waals surface area contributed by atoms with Crippen molar-refractivity contribution in [3.8, 4) is 0 Å². The number of pyridine rings is 2. The third-order valence-electron chi connectivity index (χ3n) is 3.16. The van der Waals surface area contributed by atoms with Gasteiger partial charge in [0.05, 0.1) is 11.9 Å². The van der Waals surface area contributed by atoms with E-state index in [1.165, 1.54) is 0 Å². The van der Waals surface area contributed by atoms with Crippen LogP contribution in [0.15, 0.2) is 42.9 Å². The molecule has 1 saturated carbocycles. The van der Waals surface area contributed by atoms with Crippen LogP contribution in [0.25, 0.3) is 0 Å². The van der Waals surface area contributed by atoms with Crippen LogP contribution < -0.4 is 16.0 Å². The Morgan fingerprint density at radius 3 is 2.67 bits per heavy atom. The molecule has 0 aliphatic heterocycles. The number of amides is 2. The number of hydrogen-bond acceptors (Lipinski definition) is 4. The lowest BCUT2D eigenvalue weighted by atomic mass is 10.2. The fraction of sp³-hybridized carbons (Fsp3) is 0.267. The highest BCUT2D eigenvalue weighted by molar-refractivity contribution is 5.88. The molecule has 0 aromatic carbocycles.